The standard InChI is InChI=1S/C28H44N4O7/c1-9-38-23(34)14-15-30-25(35)24(20-11-10-18(4)19(5)16-20)32(17(2)3)26(36)21(12-13-22(29)33)31-27(37)39-28(6,7)8/h10-11,16-17,21,24H,9,12-15H2,1-8H3,(H2,29,33)(H,30,35)(H,31,37). The Morgan fingerprint density at radius 1 is 1.03 bits per heavy atom. The normalized spacial score (nSPS) is 12.7. The Morgan fingerprint density at radius 2 is 1.67 bits per heavy atom. The van der Waals surface area contributed by atoms with Crippen molar-refractivity contribution in [1.29, 1.82) is 0 Å². The van der Waals surface area contributed by atoms with Crippen molar-refractivity contribution < 1.29 is 33.4 Å². The van der Waals surface area contributed by atoms with E-state index in [1.807, 2.05) is 26.0 Å². The highest BCUT2D eigenvalue weighted by Crippen LogP contribution is 2.27. The zero-order valence-corrected chi connectivity index (χ0v) is 24.4. The molecule has 11 heteroatoms. The highest BCUT2D eigenvalue weighted by molar-refractivity contribution is 5.92. The number of amides is 4. The number of rotatable bonds is 13. The summed E-state index contributed by atoms with van der Waals surface area (Å²) in [7, 11) is 0. The number of hydrogen-bond acceptors (Lipinski definition) is 7. The summed E-state index contributed by atoms with van der Waals surface area (Å²) in [6, 6.07) is 2.69. The van der Waals surface area contributed by atoms with Crippen molar-refractivity contribution in [3.05, 3.63) is 34.9 Å². The van der Waals surface area contributed by atoms with Gasteiger partial charge in [-0.3, -0.25) is 19.2 Å². The van der Waals surface area contributed by atoms with Crippen LogP contribution in [0.2, 0.25) is 0 Å². The largest absolute Gasteiger partial charge is 0.466 e. The van der Waals surface area contributed by atoms with Crippen molar-refractivity contribution in [2.75, 3.05) is 13.2 Å². The molecule has 0 heterocycles. The van der Waals surface area contributed by atoms with Crippen LogP contribution in [0.3, 0.4) is 0 Å². The Morgan fingerprint density at radius 3 is 2.18 bits per heavy atom. The molecule has 1 aromatic carbocycles. The van der Waals surface area contributed by atoms with Crippen LogP contribution in [-0.2, 0) is 28.7 Å². The predicted molar refractivity (Wildman–Crippen MR) is 146 cm³/mol. The van der Waals surface area contributed by atoms with Gasteiger partial charge < -0.3 is 30.7 Å². The number of ether oxygens (including phenoxy) is 2. The third-order valence-corrected chi connectivity index (χ3v) is 5.79. The molecule has 0 saturated carbocycles. The van der Waals surface area contributed by atoms with Gasteiger partial charge in [-0.1, -0.05) is 18.2 Å². The minimum atomic E-state index is -1.18. The summed E-state index contributed by atoms with van der Waals surface area (Å²) in [5.74, 6) is -2.18. The Labute approximate surface area is 231 Å². The van der Waals surface area contributed by atoms with Crippen molar-refractivity contribution in [3.8, 4) is 0 Å². The van der Waals surface area contributed by atoms with Crippen molar-refractivity contribution in [1.82, 2.24) is 15.5 Å². The molecule has 0 radical (unpaired) electrons. The zero-order valence-electron chi connectivity index (χ0n) is 24.4. The molecule has 11 nitrogen and oxygen atoms in total. The zero-order chi connectivity index (χ0) is 29.9. The SMILES string of the molecule is CCOC(=O)CCNC(=O)C(c1ccc(C)c(C)c1)N(C(=O)C(CCC(N)=O)NC(=O)OC(C)(C)C)C(C)C. The lowest BCUT2D eigenvalue weighted by atomic mass is 9.97. The molecule has 0 aromatic heterocycles. The molecule has 218 valence electrons. The summed E-state index contributed by atoms with van der Waals surface area (Å²) in [4.78, 5) is 64.9. The minimum Gasteiger partial charge on any atom is -0.466 e. The molecular formula is C28H44N4O7. The molecule has 4 N–H and O–H groups in total. The van der Waals surface area contributed by atoms with Gasteiger partial charge in [0.15, 0.2) is 0 Å². The maximum absolute atomic E-state index is 14.0. The van der Waals surface area contributed by atoms with Crippen LogP contribution in [0.5, 0.6) is 0 Å². The first-order valence-electron chi connectivity index (χ1n) is 13.2. The second-order valence-electron chi connectivity index (χ2n) is 10.6. The number of nitrogens with one attached hydrogen (secondary N) is 2. The van der Waals surface area contributed by atoms with Gasteiger partial charge in [0.05, 0.1) is 13.0 Å². The fraction of sp³-hybridized carbons (Fsp3) is 0.607. The van der Waals surface area contributed by atoms with E-state index in [9.17, 15) is 24.0 Å². The second kappa shape index (κ2) is 15.1. The lowest BCUT2D eigenvalue weighted by molar-refractivity contribution is -0.146. The maximum Gasteiger partial charge on any atom is 0.408 e. The molecule has 2 unspecified atom stereocenters. The Kier molecular flexibility index (Phi) is 12.9. The Balaban J connectivity index is 3.45. The molecule has 0 saturated heterocycles. The molecule has 1 rings (SSSR count). The lowest BCUT2D eigenvalue weighted by Crippen LogP contribution is -2.55. The molecular weight excluding hydrogens is 504 g/mol. The molecule has 0 aliphatic heterocycles. The summed E-state index contributed by atoms with van der Waals surface area (Å²) < 4.78 is 10.2. The van der Waals surface area contributed by atoms with E-state index < -0.39 is 53.5 Å². The lowest BCUT2D eigenvalue weighted by Gasteiger charge is -2.37. The van der Waals surface area contributed by atoms with Crippen LogP contribution in [-0.4, -0.2) is 65.5 Å². The number of primary amides is 1. The van der Waals surface area contributed by atoms with E-state index in [1.54, 1.807) is 47.6 Å². The van der Waals surface area contributed by atoms with Crippen LogP contribution in [0.25, 0.3) is 0 Å². The highest BCUT2D eigenvalue weighted by Gasteiger charge is 2.38. The molecule has 0 spiro atoms. The number of nitrogens with zero attached hydrogens (tertiary/aromatic N) is 1. The molecule has 4 amide bonds. The second-order valence-corrected chi connectivity index (χ2v) is 10.6. The quantitative estimate of drug-likeness (QED) is 0.320. The molecule has 0 bridgehead atoms. The van der Waals surface area contributed by atoms with Gasteiger partial charge in [-0.15, -0.1) is 0 Å². The van der Waals surface area contributed by atoms with Crippen molar-refractivity contribution in [2.45, 2.75) is 98.4 Å². The predicted octanol–water partition coefficient (Wildman–Crippen LogP) is 2.81. The van der Waals surface area contributed by atoms with Gasteiger partial charge >= 0.3 is 12.1 Å². The number of benzene rings is 1. The van der Waals surface area contributed by atoms with Gasteiger partial charge in [0.25, 0.3) is 0 Å². The summed E-state index contributed by atoms with van der Waals surface area (Å²) in [5.41, 5.74) is 7.00. The first-order chi connectivity index (χ1) is 18.1. The van der Waals surface area contributed by atoms with E-state index >= 15 is 0 Å². The smallest absolute Gasteiger partial charge is 0.408 e. The first kappa shape index (κ1) is 33.4. The van der Waals surface area contributed by atoms with E-state index in [4.69, 9.17) is 15.2 Å². The van der Waals surface area contributed by atoms with Gasteiger partial charge in [-0.25, -0.2) is 4.79 Å². The number of esters is 1. The van der Waals surface area contributed by atoms with Crippen molar-refractivity contribution >= 4 is 29.8 Å². The number of carbonyl (C=O) groups excluding carboxylic acids is 5. The summed E-state index contributed by atoms with van der Waals surface area (Å²) >= 11 is 0. The number of hydrogen-bond donors (Lipinski definition) is 3. The molecule has 0 fully saturated rings. The summed E-state index contributed by atoms with van der Waals surface area (Å²) in [6.07, 6.45) is -1.12. The minimum absolute atomic E-state index is 0.0143. The van der Waals surface area contributed by atoms with Crippen LogP contribution in [0.1, 0.15) is 83.5 Å². The molecule has 1 aromatic rings. The summed E-state index contributed by atoms with van der Waals surface area (Å²) in [5, 5.41) is 5.28. The van der Waals surface area contributed by atoms with E-state index in [1.165, 1.54) is 4.90 Å². The van der Waals surface area contributed by atoms with Gasteiger partial charge in [-0.2, -0.15) is 0 Å². The van der Waals surface area contributed by atoms with Crippen LogP contribution in [0.4, 0.5) is 4.79 Å². The van der Waals surface area contributed by atoms with Crippen molar-refractivity contribution in [2.24, 2.45) is 5.73 Å². The van der Waals surface area contributed by atoms with Crippen molar-refractivity contribution in [3.63, 3.8) is 0 Å². The van der Waals surface area contributed by atoms with E-state index in [0.717, 1.165) is 11.1 Å². The van der Waals surface area contributed by atoms with E-state index in [0.29, 0.717) is 5.56 Å². The number of nitrogens with two attached hydrogens (primary N) is 1. The van der Waals surface area contributed by atoms with Crippen LogP contribution < -0.4 is 16.4 Å². The van der Waals surface area contributed by atoms with Crippen LogP contribution in [0, 0.1) is 13.8 Å². The molecule has 0 aliphatic carbocycles. The van der Waals surface area contributed by atoms with Gasteiger partial charge in [0, 0.05) is 19.0 Å². The van der Waals surface area contributed by atoms with Gasteiger partial charge in [0.2, 0.25) is 17.7 Å². The number of aryl methyl sites for hydroxylation is 2. The maximum atomic E-state index is 14.0. The topological polar surface area (TPSA) is 157 Å². The van der Waals surface area contributed by atoms with Crippen LogP contribution >= 0.6 is 0 Å². The molecule has 0 aliphatic rings. The van der Waals surface area contributed by atoms with Crippen LogP contribution in [0.15, 0.2) is 18.2 Å². The monoisotopic (exact) mass is 548 g/mol. The number of alkyl carbamates (subject to hydrolysis) is 1. The third-order valence-electron chi connectivity index (χ3n) is 5.79. The number of carbonyl (C=O) groups is 5. The third kappa shape index (κ3) is 11.3. The average molecular weight is 549 g/mol. The van der Waals surface area contributed by atoms with Gasteiger partial charge in [-0.05, 0) is 78.5 Å². The summed E-state index contributed by atoms with van der Waals surface area (Å²) in [6.45, 7) is 14.3. The molecule has 39 heavy (non-hydrogen) atoms. The fourth-order valence-corrected chi connectivity index (χ4v) is 3.84. The fourth-order valence-electron chi connectivity index (χ4n) is 3.84. The average Bonchev–Trinajstić information content (AvgIpc) is 2.80. The highest BCUT2D eigenvalue weighted by atomic mass is 16.6. The Hall–Kier alpha value is -3.63. The first-order valence-corrected chi connectivity index (χ1v) is 13.2. The molecule has 2 atom stereocenters. The van der Waals surface area contributed by atoms with E-state index in [-0.39, 0.29) is 32.4 Å². The van der Waals surface area contributed by atoms with Gasteiger partial charge in [0.1, 0.15) is 17.7 Å². The van der Waals surface area contributed by atoms with E-state index in [2.05, 4.69) is 10.6 Å². The Bertz CT molecular complexity index is 1030.